The highest BCUT2D eigenvalue weighted by Crippen LogP contribution is 2.66. The van der Waals surface area contributed by atoms with Gasteiger partial charge in [0.05, 0.1) is 30.4 Å². The molecule has 2 heterocycles. The number of rotatable bonds is 6. The van der Waals surface area contributed by atoms with E-state index in [1.165, 1.54) is 6.92 Å². The van der Waals surface area contributed by atoms with E-state index in [4.69, 9.17) is 14.2 Å². The molecule has 0 aromatic heterocycles. The smallest absolute Gasteiger partial charge is 0.303 e. The van der Waals surface area contributed by atoms with Crippen LogP contribution in [0.2, 0.25) is 0 Å². The van der Waals surface area contributed by atoms with Crippen LogP contribution in [0.25, 0.3) is 0 Å². The zero-order valence-electron chi connectivity index (χ0n) is 21.7. The van der Waals surface area contributed by atoms with Crippen molar-refractivity contribution >= 4 is 16.0 Å². The molecule has 9 heteroatoms. The van der Waals surface area contributed by atoms with E-state index >= 15 is 0 Å². The Bertz CT molecular complexity index is 1380. The topological polar surface area (TPSA) is 94.2 Å². The average molecular weight is 527 g/mol. The maximum Gasteiger partial charge on any atom is 0.303 e. The highest BCUT2D eigenvalue weighted by Gasteiger charge is 2.75. The van der Waals surface area contributed by atoms with E-state index in [0.717, 1.165) is 35.2 Å². The first kappa shape index (κ1) is 24.7. The molecule has 4 aliphatic rings. The number of benzene rings is 2. The molecule has 2 fully saturated rings. The number of aryl methyl sites for hydroxylation is 1. The molecule has 2 aromatic rings. The van der Waals surface area contributed by atoms with Crippen molar-refractivity contribution < 1.29 is 27.4 Å². The molecule has 2 aromatic carbocycles. The molecule has 1 spiro atoms. The van der Waals surface area contributed by atoms with Gasteiger partial charge in [-0.1, -0.05) is 30.3 Å². The van der Waals surface area contributed by atoms with E-state index in [1.807, 2.05) is 37.3 Å². The van der Waals surface area contributed by atoms with Crippen LogP contribution in [0.3, 0.4) is 0 Å². The van der Waals surface area contributed by atoms with E-state index in [-0.39, 0.29) is 17.8 Å². The van der Waals surface area contributed by atoms with Crippen molar-refractivity contribution in [3.63, 3.8) is 0 Å². The van der Waals surface area contributed by atoms with Crippen LogP contribution < -0.4 is 14.2 Å². The highest BCUT2D eigenvalue weighted by molar-refractivity contribution is 7.88. The summed E-state index contributed by atoms with van der Waals surface area (Å²) in [6, 6.07) is 11.1. The zero-order chi connectivity index (χ0) is 26.2. The number of hydrogen-bond donors (Lipinski definition) is 1. The van der Waals surface area contributed by atoms with Crippen molar-refractivity contribution in [2.75, 3.05) is 20.7 Å². The second-order valence-corrected chi connectivity index (χ2v) is 12.8. The lowest BCUT2D eigenvalue weighted by molar-refractivity contribution is -0.215. The summed E-state index contributed by atoms with van der Waals surface area (Å²) in [7, 11) is 0.0261. The molecule has 1 N–H and O–H groups in total. The number of esters is 1. The van der Waals surface area contributed by atoms with Gasteiger partial charge >= 0.3 is 5.97 Å². The number of likely N-dealkylation sites (tertiary alicyclic amines) is 1. The van der Waals surface area contributed by atoms with Gasteiger partial charge in [-0.15, -0.1) is 0 Å². The third-order valence-corrected chi connectivity index (χ3v) is 10.5. The van der Waals surface area contributed by atoms with E-state index < -0.39 is 33.2 Å². The Labute approximate surface area is 218 Å². The van der Waals surface area contributed by atoms with Crippen molar-refractivity contribution in [2.45, 2.75) is 74.5 Å². The molecular weight excluding hydrogens is 492 g/mol. The van der Waals surface area contributed by atoms with Crippen molar-refractivity contribution in [3.8, 4) is 11.5 Å². The van der Waals surface area contributed by atoms with Crippen LogP contribution in [0.5, 0.6) is 11.5 Å². The third-order valence-electron chi connectivity index (χ3n) is 9.16. The first-order valence-corrected chi connectivity index (χ1v) is 14.6. The predicted octanol–water partition coefficient (Wildman–Crippen LogP) is 2.85. The van der Waals surface area contributed by atoms with Gasteiger partial charge in [-0.2, -0.15) is 0 Å². The van der Waals surface area contributed by atoms with Crippen molar-refractivity contribution in [1.29, 1.82) is 0 Å². The van der Waals surface area contributed by atoms with Gasteiger partial charge in [0, 0.05) is 12.5 Å². The Morgan fingerprint density at radius 1 is 1.22 bits per heavy atom. The fourth-order valence-electron chi connectivity index (χ4n) is 7.71. The Hall–Kier alpha value is -2.62. The molecule has 37 heavy (non-hydrogen) atoms. The lowest BCUT2D eigenvalue weighted by atomic mass is 9.48. The molecule has 1 saturated heterocycles. The summed E-state index contributed by atoms with van der Waals surface area (Å²) < 4.78 is 48.7. The number of nitrogens with zero attached hydrogens (tertiary/aromatic N) is 1. The van der Waals surface area contributed by atoms with Crippen LogP contribution in [0, 0.1) is 6.92 Å². The van der Waals surface area contributed by atoms with Crippen molar-refractivity contribution in [1.82, 2.24) is 9.62 Å². The first-order chi connectivity index (χ1) is 17.6. The molecule has 0 unspecified atom stereocenters. The van der Waals surface area contributed by atoms with E-state index in [2.05, 4.69) is 22.7 Å². The molecule has 198 valence electrons. The minimum Gasteiger partial charge on any atom is -0.493 e. The number of piperidine rings is 1. The van der Waals surface area contributed by atoms with Crippen LogP contribution in [0.15, 0.2) is 36.4 Å². The summed E-state index contributed by atoms with van der Waals surface area (Å²) in [5, 5.41) is 0. The first-order valence-electron chi connectivity index (χ1n) is 12.9. The van der Waals surface area contributed by atoms with Gasteiger partial charge in [0.15, 0.2) is 11.5 Å². The lowest BCUT2D eigenvalue weighted by Crippen LogP contribution is -2.78. The molecule has 0 radical (unpaired) electrons. The number of carbonyl (C=O) groups is 1. The quantitative estimate of drug-likeness (QED) is 0.579. The van der Waals surface area contributed by atoms with Gasteiger partial charge in [0.25, 0.3) is 0 Å². The SMILES string of the molecule is COc1ccc2c3c1O[C@H]1[C@H](NS(=O)(=O)Cc4ccccc4C)CC[C@@]4(OC(C)=O)[C@@H](C2)N(C)CC[C@]314. The Morgan fingerprint density at radius 2 is 2.00 bits per heavy atom. The van der Waals surface area contributed by atoms with Gasteiger partial charge in [-0.05, 0) is 69.0 Å². The molecule has 2 bridgehead atoms. The van der Waals surface area contributed by atoms with E-state index in [0.29, 0.717) is 30.8 Å². The second kappa shape index (κ2) is 8.44. The number of likely N-dealkylation sites (N-methyl/N-ethyl adjacent to an activating group) is 1. The maximum absolute atomic E-state index is 13.5. The van der Waals surface area contributed by atoms with Gasteiger partial charge in [-0.25, -0.2) is 13.1 Å². The monoisotopic (exact) mass is 526 g/mol. The second-order valence-electron chi connectivity index (χ2n) is 11.0. The number of ether oxygens (including phenoxy) is 3. The molecule has 2 aliphatic carbocycles. The number of methoxy groups -OCH3 is 1. The maximum atomic E-state index is 13.5. The summed E-state index contributed by atoms with van der Waals surface area (Å²) in [4.78, 5) is 14.9. The van der Waals surface area contributed by atoms with E-state index in [9.17, 15) is 13.2 Å². The highest BCUT2D eigenvalue weighted by atomic mass is 32.2. The minimum atomic E-state index is -3.67. The minimum absolute atomic E-state index is 0.0207. The van der Waals surface area contributed by atoms with Gasteiger partial charge in [0.1, 0.15) is 11.7 Å². The Balaban J connectivity index is 1.46. The Morgan fingerprint density at radius 3 is 2.73 bits per heavy atom. The summed E-state index contributed by atoms with van der Waals surface area (Å²) in [6.45, 7) is 4.18. The Kier molecular flexibility index (Phi) is 5.64. The predicted molar refractivity (Wildman–Crippen MR) is 138 cm³/mol. The fraction of sp³-hybridized carbons (Fsp3) is 0.536. The lowest BCUT2D eigenvalue weighted by Gasteiger charge is -2.64. The summed E-state index contributed by atoms with van der Waals surface area (Å²) in [5.41, 5.74) is 2.43. The largest absolute Gasteiger partial charge is 0.493 e. The van der Waals surface area contributed by atoms with Crippen molar-refractivity contribution in [3.05, 3.63) is 58.7 Å². The van der Waals surface area contributed by atoms with Crippen LogP contribution in [-0.4, -0.2) is 63.8 Å². The van der Waals surface area contributed by atoms with Gasteiger partial charge in [-0.3, -0.25) is 9.69 Å². The summed E-state index contributed by atoms with van der Waals surface area (Å²) in [6.07, 6.45) is 1.96. The van der Waals surface area contributed by atoms with Crippen molar-refractivity contribution in [2.24, 2.45) is 0 Å². The average Bonchev–Trinajstić information content (AvgIpc) is 3.19. The number of hydrogen-bond acceptors (Lipinski definition) is 7. The molecule has 1 saturated carbocycles. The third kappa shape index (κ3) is 3.47. The van der Waals surface area contributed by atoms with E-state index in [1.54, 1.807) is 7.11 Å². The zero-order valence-corrected chi connectivity index (χ0v) is 22.6. The molecule has 2 aliphatic heterocycles. The normalized spacial score (nSPS) is 31.8. The molecule has 6 rings (SSSR count). The summed E-state index contributed by atoms with van der Waals surface area (Å²) in [5.74, 6) is 0.863. The van der Waals surface area contributed by atoms with Crippen LogP contribution in [-0.2, 0) is 37.1 Å². The molecule has 8 nitrogen and oxygen atoms in total. The number of nitrogens with one attached hydrogen (secondary N) is 1. The van der Waals surface area contributed by atoms with Crippen LogP contribution >= 0.6 is 0 Å². The van der Waals surface area contributed by atoms with Crippen LogP contribution in [0.4, 0.5) is 0 Å². The number of sulfonamides is 1. The number of carbonyl (C=O) groups excluding carboxylic acids is 1. The van der Waals surface area contributed by atoms with Gasteiger partial charge < -0.3 is 14.2 Å². The standard InChI is InChI=1S/C28H34N2O6S/c1-17-7-5-6-8-20(17)16-37(32,33)29-21-11-12-28(36-18(2)31)23-15-19-9-10-22(34-4)25-24(19)27(28,26(21)35-25)13-14-30(23)3/h5-10,21,23,26,29H,11-16H2,1-4H3/t21-,23-,26+,27+,28-/m1/s1. The van der Waals surface area contributed by atoms with Crippen LogP contribution in [0.1, 0.15) is 48.4 Å². The molecule has 5 atom stereocenters. The molecule has 0 amide bonds. The van der Waals surface area contributed by atoms with Gasteiger partial charge in [0.2, 0.25) is 10.0 Å². The molecular formula is C28H34N2O6S. The fourth-order valence-corrected chi connectivity index (χ4v) is 9.23. The summed E-state index contributed by atoms with van der Waals surface area (Å²) >= 11 is 0.